The molecule has 1 heterocycles. The van der Waals surface area contributed by atoms with E-state index in [2.05, 4.69) is 42.3 Å². The van der Waals surface area contributed by atoms with Gasteiger partial charge < -0.3 is 10.3 Å². The molecule has 2 N–H and O–H groups in total. The molecular weight excluding hydrogens is 320 g/mol. The number of carbonyl (C=O) groups is 1. The molecule has 2 aromatic carbocycles. The van der Waals surface area contributed by atoms with Gasteiger partial charge in [0, 0.05) is 33.7 Å². The van der Waals surface area contributed by atoms with Crippen LogP contribution in [0.2, 0.25) is 5.02 Å². The standard InChI is InChI=1S/C20H21ClN2O/c1-12-6-4-8-17-16(14(3)23-19(12)17)10-11-22-20(24)15-7-5-9-18(21)13(15)2/h4-9,23H,10-11H2,1-3H3,(H,22,24). The molecule has 1 aromatic heterocycles. The zero-order valence-electron chi connectivity index (χ0n) is 14.2. The number of halogens is 1. The minimum atomic E-state index is -0.0799. The van der Waals surface area contributed by atoms with Gasteiger partial charge in [0.15, 0.2) is 0 Å². The van der Waals surface area contributed by atoms with Crippen molar-refractivity contribution in [1.29, 1.82) is 0 Å². The Morgan fingerprint density at radius 3 is 2.67 bits per heavy atom. The predicted molar refractivity (Wildman–Crippen MR) is 100.0 cm³/mol. The van der Waals surface area contributed by atoms with E-state index in [1.807, 2.05) is 6.92 Å². The second-order valence-electron chi connectivity index (χ2n) is 6.14. The van der Waals surface area contributed by atoms with Crippen molar-refractivity contribution >= 4 is 28.4 Å². The lowest BCUT2D eigenvalue weighted by Crippen LogP contribution is -2.26. The maximum Gasteiger partial charge on any atom is 0.251 e. The number of aryl methyl sites for hydroxylation is 2. The summed E-state index contributed by atoms with van der Waals surface area (Å²) < 4.78 is 0. The fourth-order valence-electron chi connectivity index (χ4n) is 3.12. The third kappa shape index (κ3) is 3.04. The first kappa shape index (κ1) is 16.6. The highest BCUT2D eigenvalue weighted by atomic mass is 35.5. The first-order valence-corrected chi connectivity index (χ1v) is 8.47. The van der Waals surface area contributed by atoms with E-state index in [9.17, 15) is 4.79 Å². The van der Waals surface area contributed by atoms with E-state index in [1.165, 1.54) is 22.0 Å². The highest BCUT2D eigenvalue weighted by molar-refractivity contribution is 6.31. The second kappa shape index (κ2) is 6.70. The minimum absolute atomic E-state index is 0.0799. The van der Waals surface area contributed by atoms with Gasteiger partial charge in [-0.15, -0.1) is 0 Å². The van der Waals surface area contributed by atoms with Gasteiger partial charge in [0.1, 0.15) is 0 Å². The van der Waals surface area contributed by atoms with Gasteiger partial charge in [-0.25, -0.2) is 0 Å². The Balaban J connectivity index is 1.73. The molecule has 0 bridgehead atoms. The van der Waals surface area contributed by atoms with Crippen LogP contribution in [0.3, 0.4) is 0 Å². The molecule has 0 unspecified atom stereocenters. The van der Waals surface area contributed by atoms with Crippen molar-refractivity contribution in [1.82, 2.24) is 10.3 Å². The normalized spacial score (nSPS) is 11.0. The van der Waals surface area contributed by atoms with Gasteiger partial charge in [-0.1, -0.05) is 35.9 Å². The van der Waals surface area contributed by atoms with Gasteiger partial charge in [-0.05, 0) is 56.0 Å². The highest BCUT2D eigenvalue weighted by Crippen LogP contribution is 2.25. The van der Waals surface area contributed by atoms with Crippen LogP contribution in [0, 0.1) is 20.8 Å². The Labute approximate surface area is 147 Å². The molecule has 0 aliphatic heterocycles. The fourth-order valence-corrected chi connectivity index (χ4v) is 3.30. The lowest BCUT2D eigenvalue weighted by Gasteiger charge is -2.09. The van der Waals surface area contributed by atoms with Crippen LogP contribution in [-0.2, 0) is 6.42 Å². The average Bonchev–Trinajstić information content (AvgIpc) is 2.87. The molecule has 0 radical (unpaired) electrons. The molecule has 0 aliphatic carbocycles. The highest BCUT2D eigenvalue weighted by Gasteiger charge is 2.12. The van der Waals surface area contributed by atoms with E-state index in [-0.39, 0.29) is 5.91 Å². The number of H-pyrrole nitrogens is 1. The maximum atomic E-state index is 12.4. The van der Waals surface area contributed by atoms with Crippen LogP contribution >= 0.6 is 11.6 Å². The maximum absolute atomic E-state index is 12.4. The Morgan fingerprint density at radius 1 is 1.12 bits per heavy atom. The van der Waals surface area contributed by atoms with Crippen LogP contribution in [0.25, 0.3) is 10.9 Å². The van der Waals surface area contributed by atoms with Crippen molar-refractivity contribution in [2.75, 3.05) is 6.54 Å². The zero-order valence-corrected chi connectivity index (χ0v) is 14.9. The van der Waals surface area contributed by atoms with Crippen LogP contribution in [0.15, 0.2) is 36.4 Å². The largest absolute Gasteiger partial charge is 0.358 e. The molecule has 0 saturated heterocycles. The van der Waals surface area contributed by atoms with E-state index >= 15 is 0 Å². The molecule has 124 valence electrons. The van der Waals surface area contributed by atoms with Crippen LogP contribution < -0.4 is 5.32 Å². The molecule has 0 spiro atoms. The van der Waals surface area contributed by atoms with Crippen LogP contribution in [0.4, 0.5) is 0 Å². The summed E-state index contributed by atoms with van der Waals surface area (Å²) in [7, 11) is 0. The van der Waals surface area contributed by atoms with Gasteiger partial charge in [0.2, 0.25) is 0 Å². The number of nitrogens with one attached hydrogen (secondary N) is 2. The molecule has 4 heteroatoms. The Hall–Kier alpha value is -2.26. The van der Waals surface area contributed by atoms with Crippen molar-refractivity contribution in [2.45, 2.75) is 27.2 Å². The summed E-state index contributed by atoms with van der Waals surface area (Å²) in [5.41, 5.74) is 6.29. The number of hydrogen-bond donors (Lipinski definition) is 2. The number of aromatic nitrogens is 1. The number of hydrogen-bond acceptors (Lipinski definition) is 1. The lowest BCUT2D eigenvalue weighted by molar-refractivity contribution is 0.0953. The Bertz CT molecular complexity index is 911. The van der Waals surface area contributed by atoms with E-state index in [0.29, 0.717) is 17.1 Å². The van der Waals surface area contributed by atoms with Crippen LogP contribution in [0.5, 0.6) is 0 Å². The first-order valence-electron chi connectivity index (χ1n) is 8.09. The first-order chi connectivity index (χ1) is 11.5. The third-order valence-electron chi connectivity index (χ3n) is 4.54. The van der Waals surface area contributed by atoms with Gasteiger partial charge in [-0.3, -0.25) is 4.79 Å². The van der Waals surface area contributed by atoms with Gasteiger partial charge in [-0.2, -0.15) is 0 Å². The fraction of sp³-hybridized carbons (Fsp3) is 0.250. The third-order valence-corrected chi connectivity index (χ3v) is 4.95. The van der Waals surface area contributed by atoms with Crippen molar-refractivity contribution < 1.29 is 4.79 Å². The molecule has 3 rings (SSSR count). The summed E-state index contributed by atoms with van der Waals surface area (Å²) >= 11 is 6.09. The van der Waals surface area contributed by atoms with Gasteiger partial charge in [0.05, 0.1) is 0 Å². The number of benzene rings is 2. The van der Waals surface area contributed by atoms with E-state index < -0.39 is 0 Å². The minimum Gasteiger partial charge on any atom is -0.358 e. The summed E-state index contributed by atoms with van der Waals surface area (Å²) in [6.45, 7) is 6.64. The molecule has 3 nitrogen and oxygen atoms in total. The molecule has 0 fully saturated rings. The van der Waals surface area contributed by atoms with E-state index in [4.69, 9.17) is 11.6 Å². The number of rotatable bonds is 4. The quantitative estimate of drug-likeness (QED) is 0.709. The zero-order chi connectivity index (χ0) is 17.3. The summed E-state index contributed by atoms with van der Waals surface area (Å²) in [4.78, 5) is 15.8. The molecule has 24 heavy (non-hydrogen) atoms. The topological polar surface area (TPSA) is 44.9 Å². The van der Waals surface area contributed by atoms with Crippen molar-refractivity contribution in [3.8, 4) is 0 Å². The van der Waals surface area contributed by atoms with Gasteiger partial charge >= 0.3 is 0 Å². The molecular formula is C20H21ClN2O. The molecule has 1 amide bonds. The number of fused-ring (bicyclic) bond motifs is 1. The monoisotopic (exact) mass is 340 g/mol. The molecule has 3 aromatic rings. The van der Waals surface area contributed by atoms with E-state index in [0.717, 1.165) is 17.7 Å². The predicted octanol–water partition coefficient (Wildman–Crippen LogP) is 4.72. The summed E-state index contributed by atoms with van der Waals surface area (Å²) in [5, 5.41) is 4.85. The Kier molecular flexibility index (Phi) is 4.63. The number of amides is 1. The SMILES string of the molecule is Cc1[nH]c2c(C)cccc2c1CCNC(=O)c1cccc(Cl)c1C. The van der Waals surface area contributed by atoms with Crippen LogP contribution in [0.1, 0.15) is 32.7 Å². The summed E-state index contributed by atoms with van der Waals surface area (Å²) in [5.74, 6) is -0.0799. The summed E-state index contributed by atoms with van der Waals surface area (Å²) in [6.07, 6.45) is 0.792. The van der Waals surface area contributed by atoms with Crippen molar-refractivity contribution in [2.24, 2.45) is 0 Å². The Morgan fingerprint density at radius 2 is 1.88 bits per heavy atom. The smallest absolute Gasteiger partial charge is 0.251 e. The lowest BCUT2D eigenvalue weighted by atomic mass is 10.1. The molecule has 0 aliphatic rings. The van der Waals surface area contributed by atoms with Crippen molar-refractivity contribution in [3.05, 3.63) is 69.4 Å². The van der Waals surface area contributed by atoms with Crippen LogP contribution in [-0.4, -0.2) is 17.4 Å². The summed E-state index contributed by atoms with van der Waals surface area (Å²) in [6, 6.07) is 11.7. The van der Waals surface area contributed by atoms with Crippen molar-refractivity contribution in [3.63, 3.8) is 0 Å². The van der Waals surface area contributed by atoms with Gasteiger partial charge in [0.25, 0.3) is 5.91 Å². The number of aromatic amines is 1. The molecule has 0 saturated carbocycles. The van der Waals surface area contributed by atoms with E-state index in [1.54, 1.807) is 18.2 Å². The number of para-hydroxylation sites is 1. The second-order valence-corrected chi connectivity index (χ2v) is 6.55. The number of carbonyl (C=O) groups excluding carboxylic acids is 1. The average molecular weight is 341 g/mol. The molecule has 0 atom stereocenters.